The number of nitrogens with zero attached hydrogens (tertiary/aromatic N) is 1. The lowest BCUT2D eigenvalue weighted by molar-refractivity contribution is 0.788. The van der Waals surface area contributed by atoms with Gasteiger partial charge in [-0.15, -0.1) is 0 Å². The van der Waals surface area contributed by atoms with E-state index in [0.717, 1.165) is 25.1 Å². The monoisotopic (exact) mass is 151 g/mol. The molecule has 4 nitrogen and oxygen atoms in total. The standard InChI is InChI=1S/C7H9N3O/c11-7-6-5(9-4-10-7)2-1-3-8-6/h4,8H,1-3H2,(H,9,10,11). The van der Waals surface area contributed by atoms with E-state index in [1.54, 1.807) is 0 Å². The number of rotatable bonds is 0. The zero-order valence-corrected chi connectivity index (χ0v) is 6.05. The molecule has 0 spiro atoms. The van der Waals surface area contributed by atoms with Gasteiger partial charge in [0.1, 0.15) is 5.69 Å². The molecule has 2 N–H and O–H groups in total. The molecule has 1 aromatic rings. The molecule has 0 aromatic carbocycles. The van der Waals surface area contributed by atoms with Crippen molar-refractivity contribution in [2.24, 2.45) is 0 Å². The maximum Gasteiger partial charge on any atom is 0.274 e. The summed E-state index contributed by atoms with van der Waals surface area (Å²) in [5.41, 5.74) is 1.48. The lowest BCUT2D eigenvalue weighted by Gasteiger charge is -2.14. The van der Waals surface area contributed by atoms with Crippen LogP contribution in [0.15, 0.2) is 11.1 Å². The zero-order valence-electron chi connectivity index (χ0n) is 6.05. The molecular weight excluding hydrogens is 142 g/mol. The van der Waals surface area contributed by atoms with E-state index in [1.165, 1.54) is 6.33 Å². The van der Waals surface area contributed by atoms with E-state index in [0.29, 0.717) is 5.69 Å². The summed E-state index contributed by atoms with van der Waals surface area (Å²) in [6.45, 7) is 0.877. The highest BCUT2D eigenvalue weighted by molar-refractivity contribution is 5.46. The van der Waals surface area contributed by atoms with Crippen molar-refractivity contribution in [3.63, 3.8) is 0 Å². The van der Waals surface area contributed by atoms with Crippen molar-refractivity contribution in [1.82, 2.24) is 9.97 Å². The summed E-state index contributed by atoms with van der Waals surface area (Å²) in [6, 6.07) is 0. The highest BCUT2D eigenvalue weighted by Crippen LogP contribution is 2.12. The Labute approximate surface area is 63.7 Å². The molecule has 11 heavy (non-hydrogen) atoms. The second kappa shape index (κ2) is 2.38. The third-order valence-corrected chi connectivity index (χ3v) is 1.82. The fourth-order valence-corrected chi connectivity index (χ4v) is 1.28. The van der Waals surface area contributed by atoms with Crippen molar-refractivity contribution in [3.05, 3.63) is 22.4 Å². The third-order valence-electron chi connectivity index (χ3n) is 1.82. The molecule has 1 aliphatic heterocycles. The summed E-state index contributed by atoms with van der Waals surface area (Å²) in [4.78, 5) is 17.7. The van der Waals surface area contributed by atoms with E-state index in [-0.39, 0.29) is 5.56 Å². The van der Waals surface area contributed by atoms with Crippen LogP contribution >= 0.6 is 0 Å². The van der Waals surface area contributed by atoms with Gasteiger partial charge in [0.25, 0.3) is 5.56 Å². The Balaban J connectivity index is 2.58. The SMILES string of the molecule is O=c1[nH]cnc2c1NCCC2. The van der Waals surface area contributed by atoms with E-state index in [2.05, 4.69) is 15.3 Å². The van der Waals surface area contributed by atoms with Gasteiger partial charge in [-0.25, -0.2) is 4.98 Å². The van der Waals surface area contributed by atoms with Crippen LogP contribution in [0.3, 0.4) is 0 Å². The molecule has 2 rings (SSSR count). The first-order chi connectivity index (χ1) is 5.38. The van der Waals surface area contributed by atoms with E-state index < -0.39 is 0 Å². The Morgan fingerprint density at radius 1 is 1.55 bits per heavy atom. The van der Waals surface area contributed by atoms with Gasteiger partial charge in [0.05, 0.1) is 12.0 Å². The molecule has 4 heteroatoms. The smallest absolute Gasteiger partial charge is 0.274 e. The Hall–Kier alpha value is -1.32. The normalized spacial score (nSPS) is 15.3. The molecule has 0 saturated heterocycles. The summed E-state index contributed by atoms with van der Waals surface area (Å²) in [5.74, 6) is 0. The summed E-state index contributed by atoms with van der Waals surface area (Å²) < 4.78 is 0. The van der Waals surface area contributed by atoms with Gasteiger partial charge in [0.2, 0.25) is 0 Å². The van der Waals surface area contributed by atoms with Crippen LogP contribution < -0.4 is 10.9 Å². The lowest BCUT2D eigenvalue weighted by atomic mass is 10.1. The number of anilines is 1. The largest absolute Gasteiger partial charge is 0.379 e. The average Bonchev–Trinajstić information content (AvgIpc) is 2.06. The number of aromatic nitrogens is 2. The minimum absolute atomic E-state index is 0.0605. The van der Waals surface area contributed by atoms with Gasteiger partial charge in [0, 0.05) is 6.54 Å². The van der Waals surface area contributed by atoms with Crippen LogP contribution in [0.1, 0.15) is 12.1 Å². The molecule has 0 bridgehead atoms. The molecular formula is C7H9N3O. The molecule has 0 fully saturated rings. The number of aromatic amines is 1. The Bertz CT molecular complexity index is 318. The number of aryl methyl sites for hydroxylation is 1. The highest BCUT2D eigenvalue weighted by Gasteiger charge is 2.11. The van der Waals surface area contributed by atoms with Gasteiger partial charge >= 0.3 is 0 Å². The zero-order chi connectivity index (χ0) is 7.68. The van der Waals surface area contributed by atoms with Gasteiger partial charge in [-0.1, -0.05) is 0 Å². The topological polar surface area (TPSA) is 57.8 Å². The lowest BCUT2D eigenvalue weighted by Crippen LogP contribution is -2.22. The highest BCUT2D eigenvalue weighted by atomic mass is 16.1. The van der Waals surface area contributed by atoms with Crippen LogP contribution in [0.25, 0.3) is 0 Å². The quantitative estimate of drug-likeness (QED) is 0.554. The Morgan fingerprint density at radius 3 is 3.27 bits per heavy atom. The summed E-state index contributed by atoms with van der Waals surface area (Å²) >= 11 is 0. The number of hydrogen-bond donors (Lipinski definition) is 2. The van der Waals surface area contributed by atoms with E-state index >= 15 is 0 Å². The van der Waals surface area contributed by atoms with Crippen LogP contribution in [-0.4, -0.2) is 16.5 Å². The first kappa shape index (κ1) is 6.39. The van der Waals surface area contributed by atoms with Gasteiger partial charge in [-0.3, -0.25) is 4.79 Å². The van der Waals surface area contributed by atoms with Crippen molar-refractivity contribution in [2.75, 3.05) is 11.9 Å². The van der Waals surface area contributed by atoms with Crippen molar-refractivity contribution in [3.8, 4) is 0 Å². The van der Waals surface area contributed by atoms with Gasteiger partial charge in [-0.05, 0) is 12.8 Å². The first-order valence-electron chi connectivity index (χ1n) is 3.68. The number of fused-ring (bicyclic) bond motifs is 1. The van der Waals surface area contributed by atoms with E-state index in [9.17, 15) is 4.79 Å². The molecule has 0 amide bonds. The Morgan fingerprint density at radius 2 is 2.45 bits per heavy atom. The van der Waals surface area contributed by atoms with Crippen molar-refractivity contribution < 1.29 is 0 Å². The van der Waals surface area contributed by atoms with Gasteiger partial charge in [-0.2, -0.15) is 0 Å². The molecule has 1 aliphatic rings. The number of nitrogens with one attached hydrogen (secondary N) is 2. The summed E-state index contributed by atoms with van der Waals surface area (Å²) in [6.07, 6.45) is 3.42. The van der Waals surface area contributed by atoms with Crippen molar-refractivity contribution >= 4 is 5.69 Å². The second-order valence-electron chi connectivity index (χ2n) is 2.58. The van der Waals surface area contributed by atoms with Crippen LogP contribution in [0.4, 0.5) is 5.69 Å². The molecule has 0 unspecified atom stereocenters. The summed E-state index contributed by atoms with van der Waals surface area (Å²) in [7, 11) is 0. The maximum atomic E-state index is 11.1. The van der Waals surface area contributed by atoms with E-state index in [4.69, 9.17) is 0 Å². The van der Waals surface area contributed by atoms with Crippen LogP contribution in [-0.2, 0) is 6.42 Å². The Kier molecular flexibility index (Phi) is 1.38. The van der Waals surface area contributed by atoms with Crippen LogP contribution in [0.5, 0.6) is 0 Å². The third kappa shape index (κ3) is 1.00. The first-order valence-corrected chi connectivity index (χ1v) is 3.68. The van der Waals surface area contributed by atoms with E-state index in [1.807, 2.05) is 0 Å². The van der Waals surface area contributed by atoms with Crippen molar-refractivity contribution in [2.45, 2.75) is 12.8 Å². The minimum Gasteiger partial charge on any atom is -0.379 e. The van der Waals surface area contributed by atoms with Crippen molar-refractivity contribution in [1.29, 1.82) is 0 Å². The fourth-order valence-electron chi connectivity index (χ4n) is 1.28. The molecule has 0 aliphatic carbocycles. The van der Waals surface area contributed by atoms with Crippen LogP contribution in [0, 0.1) is 0 Å². The predicted octanol–water partition coefficient (Wildman–Crippen LogP) is 0.128. The minimum atomic E-state index is -0.0605. The maximum absolute atomic E-state index is 11.1. The predicted molar refractivity (Wildman–Crippen MR) is 41.7 cm³/mol. The number of hydrogen-bond acceptors (Lipinski definition) is 3. The molecule has 1 aromatic heterocycles. The molecule has 0 radical (unpaired) electrons. The number of H-pyrrole nitrogens is 1. The molecule has 0 saturated carbocycles. The molecule has 58 valence electrons. The van der Waals surface area contributed by atoms with Gasteiger partial charge in [0.15, 0.2) is 0 Å². The van der Waals surface area contributed by atoms with Gasteiger partial charge < -0.3 is 10.3 Å². The second-order valence-corrected chi connectivity index (χ2v) is 2.58. The molecule has 0 atom stereocenters. The molecule has 2 heterocycles. The summed E-state index contributed by atoms with van der Waals surface area (Å²) in [5, 5.41) is 3.02. The van der Waals surface area contributed by atoms with Crippen LogP contribution in [0.2, 0.25) is 0 Å². The fraction of sp³-hybridized carbons (Fsp3) is 0.429. The average molecular weight is 151 g/mol.